The number of nitrogens with one attached hydrogen (secondary N) is 1. The van der Waals surface area contributed by atoms with Gasteiger partial charge in [-0.25, -0.2) is 0 Å². The molecule has 2 aliphatic rings. The van der Waals surface area contributed by atoms with Crippen molar-refractivity contribution in [2.45, 2.75) is 57.8 Å². The van der Waals surface area contributed by atoms with E-state index in [4.69, 9.17) is 4.74 Å². The van der Waals surface area contributed by atoms with E-state index in [1.165, 1.54) is 0 Å². The Bertz CT molecular complexity index is 264. The third-order valence-corrected chi connectivity index (χ3v) is 3.84. The van der Waals surface area contributed by atoms with Crippen molar-refractivity contribution in [3.05, 3.63) is 0 Å². The summed E-state index contributed by atoms with van der Waals surface area (Å²) >= 11 is 0. The molecule has 1 N–H and O–H groups in total. The summed E-state index contributed by atoms with van der Waals surface area (Å²) in [5.41, 5.74) is 0. The van der Waals surface area contributed by atoms with E-state index in [9.17, 15) is 4.79 Å². The summed E-state index contributed by atoms with van der Waals surface area (Å²) in [6.45, 7) is 6.91. The van der Waals surface area contributed by atoms with Gasteiger partial charge in [-0.2, -0.15) is 0 Å². The molecule has 4 heteroatoms. The lowest BCUT2D eigenvalue weighted by Gasteiger charge is -2.35. The zero-order valence-electron chi connectivity index (χ0n) is 10.9. The highest BCUT2D eigenvalue weighted by molar-refractivity contribution is 5.81. The van der Waals surface area contributed by atoms with Gasteiger partial charge in [0.05, 0.1) is 6.10 Å². The smallest absolute Gasteiger partial charge is 0.251 e. The largest absolute Gasteiger partial charge is 0.365 e. The van der Waals surface area contributed by atoms with E-state index in [-0.39, 0.29) is 18.1 Å². The van der Waals surface area contributed by atoms with E-state index < -0.39 is 0 Å². The first kappa shape index (κ1) is 12.8. The Morgan fingerprint density at radius 1 is 1.41 bits per heavy atom. The molecule has 0 aromatic carbocycles. The van der Waals surface area contributed by atoms with Gasteiger partial charge in [-0.15, -0.1) is 0 Å². The Hall–Kier alpha value is -0.610. The van der Waals surface area contributed by atoms with Gasteiger partial charge in [-0.1, -0.05) is 0 Å². The summed E-state index contributed by atoms with van der Waals surface area (Å²) in [7, 11) is 0. The average molecular weight is 240 g/mol. The highest BCUT2D eigenvalue weighted by Gasteiger charge is 2.34. The van der Waals surface area contributed by atoms with Crippen molar-refractivity contribution in [2.24, 2.45) is 0 Å². The van der Waals surface area contributed by atoms with E-state index in [0.717, 1.165) is 45.3 Å². The van der Waals surface area contributed by atoms with Gasteiger partial charge in [-0.05, 0) is 46.1 Å². The molecule has 2 fully saturated rings. The van der Waals surface area contributed by atoms with Gasteiger partial charge in [-0.3, -0.25) is 4.79 Å². The number of rotatable bonds is 3. The van der Waals surface area contributed by atoms with Gasteiger partial charge in [0.1, 0.15) is 6.10 Å². The molecule has 0 aromatic heterocycles. The number of hydrogen-bond donors (Lipinski definition) is 1. The van der Waals surface area contributed by atoms with Gasteiger partial charge < -0.3 is 15.0 Å². The highest BCUT2D eigenvalue weighted by atomic mass is 16.5. The van der Waals surface area contributed by atoms with Crippen LogP contribution in [0.5, 0.6) is 0 Å². The predicted octanol–water partition coefficient (Wildman–Crippen LogP) is 1.15. The van der Waals surface area contributed by atoms with Crippen molar-refractivity contribution >= 4 is 5.91 Å². The third kappa shape index (κ3) is 2.99. The Morgan fingerprint density at radius 3 is 2.76 bits per heavy atom. The van der Waals surface area contributed by atoms with Crippen LogP contribution in [-0.4, -0.2) is 48.7 Å². The van der Waals surface area contributed by atoms with E-state index in [1.807, 2.05) is 11.8 Å². The van der Waals surface area contributed by atoms with E-state index in [2.05, 4.69) is 12.2 Å². The zero-order valence-corrected chi connectivity index (χ0v) is 10.9. The highest BCUT2D eigenvalue weighted by Crippen LogP contribution is 2.22. The van der Waals surface area contributed by atoms with Crippen molar-refractivity contribution in [1.82, 2.24) is 10.2 Å². The SMILES string of the molecule is CCN(C(=O)C1CCC(C)O1)C1CCCNC1. The summed E-state index contributed by atoms with van der Waals surface area (Å²) in [5, 5.41) is 3.37. The van der Waals surface area contributed by atoms with Gasteiger partial charge in [0.15, 0.2) is 0 Å². The molecule has 2 rings (SSSR count). The summed E-state index contributed by atoms with van der Waals surface area (Å²) in [4.78, 5) is 14.4. The van der Waals surface area contributed by atoms with E-state index >= 15 is 0 Å². The normalized spacial score (nSPS) is 33.6. The molecule has 2 heterocycles. The first-order chi connectivity index (χ1) is 8.22. The zero-order chi connectivity index (χ0) is 12.3. The van der Waals surface area contributed by atoms with Gasteiger partial charge in [0.25, 0.3) is 5.91 Å². The van der Waals surface area contributed by atoms with Crippen LogP contribution in [0.25, 0.3) is 0 Å². The maximum absolute atomic E-state index is 12.4. The Morgan fingerprint density at radius 2 is 2.24 bits per heavy atom. The van der Waals surface area contributed by atoms with Crippen LogP contribution in [0.4, 0.5) is 0 Å². The number of amides is 1. The molecule has 0 saturated carbocycles. The van der Waals surface area contributed by atoms with Gasteiger partial charge in [0, 0.05) is 19.1 Å². The fourth-order valence-electron chi connectivity index (χ4n) is 2.86. The lowest BCUT2D eigenvalue weighted by Crippen LogP contribution is -2.51. The minimum atomic E-state index is -0.188. The second kappa shape index (κ2) is 5.83. The van der Waals surface area contributed by atoms with Gasteiger partial charge >= 0.3 is 0 Å². The molecule has 3 unspecified atom stereocenters. The first-order valence-corrected chi connectivity index (χ1v) is 6.89. The van der Waals surface area contributed by atoms with Crippen LogP contribution >= 0.6 is 0 Å². The monoisotopic (exact) mass is 240 g/mol. The molecule has 0 spiro atoms. The fraction of sp³-hybridized carbons (Fsp3) is 0.923. The predicted molar refractivity (Wildman–Crippen MR) is 66.8 cm³/mol. The number of carbonyl (C=O) groups excluding carboxylic acids is 1. The third-order valence-electron chi connectivity index (χ3n) is 3.84. The molecular formula is C13H24N2O2. The van der Waals surface area contributed by atoms with Crippen LogP contribution in [0.2, 0.25) is 0 Å². The molecule has 2 aliphatic heterocycles. The van der Waals surface area contributed by atoms with Crippen LogP contribution in [0.1, 0.15) is 39.5 Å². The quantitative estimate of drug-likeness (QED) is 0.804. The molecule has 2 saturated heterocycles. The van der Waals surface area contributed by atoms with Crippen LogP contribution in [0.3, 0.4) is 0 Å². The van der Waals surface area contributed by atoms with Crippen molar-refractivity contribution < 1.29 is 9.53 Å². The second-order valence-electron chi connectivity index (χ2n) is 5.14. The minimum absolute atomic E-state index is 0.188. The summed E-state index contributed by atoms with van der Waals surface area (Å²) in [5.74, 6) is 0.200. The topological polar surface area (TPSA) is 41.6 Å². The number of carbonyl (C=O) groups is 1. The molecule has 1 amide bonds. The molecule has 0 aliphatic carbocycles. The molecule has 0 radical (unpaired) electrons. The van der Waals surface area contributed by atoms with Crippen LogP contribution < -0.4 is 5.32 Å². The molecule has 17 heavy (non-hydrogen) atoms. The molecule has 98 valence electrons. The van der Waals surface area contributed by atoms with Crippen molar-refractivity contribution in [3.8, 4) is 0 Å². The van der Waals surface area contributed by atoms with Crippen LogP contribution in [0, 0.1) is 0 Å². The molecule has 0 aromatic rings. The second-order valence-corrected chi connectivity index (χ2v) is 5.14. The van der Waals surface area contributed by atoms with Crippen LogP contribution in [0.15, 0.2) is 0 Å². The molecule has 0 bridgehead atoms. The maximum Gasteiger partial charge on any atom is 0.251 e. The number of ether oxygens (including phenoxy) is 1. The first-order valence-electron chi connectivity index (χ1n) is 6.89. The van der Waals surface area contributed by atoms with Crippen molar-refractivity contribution in [3.63, 3.8) is 0 Å². The number of hydrogen-bond acceptors (Lipinski definition) is 3. The fourth-order valence-corrected chi connectivity index (χ4v) is 2.86. The van der Waals surface area contributed by atoms with Crippen molar-refractivity contribution in [2.75, 3.05) is 19.6 Å². The lowest BCUT2D eigenvalue weighted by molar-refractivity contribution is -0.145. The summed E-state index contributed by atoms with van der Waals surface area (Å²) in [6, 6.07) is 0.362. The summed E-state index contributed by atoms with van der Waals surface area (Å²) < 4.78 is 5.69. The Balaban J connectivity index is 1.94. The standard InChI is InChI=1S/C13H24N2O2/c1-3-15(11-5-4-8-14-9-11)13(16)12-7-6-10(2)17-12/h10-12,14H,3-9H2,1-2H3. The number of likely N-dealkylation sites (N-methyl/N-ethyl adjacent to an activating group) is 1. The Labute approximate surface area is 104 Å². The number of nitrogens with zero attached hydrogens (tertiary/aromatic N) is 1. The molecular weight excluding hydrogens is 216 g/mol. The van der Waals surface area contributed by atoms with Crippen LogP contribution in [-0.2, 0) is 9.53 Å². The Kier molecular flexibility index (Phi) is 4.40. The van der Waals surface area contributed by atoms with E-state index in [1.54, 1.807) is 0 Å². The maximum atomic E-state index is 12.4. The number of piperidine rings is 1. The van der Waals surface area contributed by atoms with E-state index in [0.29, 0.717) is 6.04 Å². The molecule has 3 atom stereocenters. The summed E-state index contributed by atoms with van der Waals surface area (Å²) in [6.07, 6.45) is 4.23. The van der Waals surface area contributed by atoms with Gasteiger partial charge in [0.2, 0.25) is 0 Å². The molecule has 4 nitrogen and oxygen atoms in total. The minimum Gasteiger partial charge on any atom is -0.365 e. The lowest BCUT2D eigenvalue weighted by atomic mass is 10.0. The average Bonchev–Trinajstić information content (AvgIpc) is 2.78. The van der Waals surface area contributed by atoms with Crippen molar-refractivity contribution in [1.29, 1.82) is 0 Å².